The number of ether oxygens (including phenoxy) is 1. The highest BCUT2D eigenvalue weighted by Gasteiger charge is 1.99. The highest BCUT2D eigenvalue weighted by molar-refractivity contribution is 5.01. The molecule has 0 aliphatic carbocycles. The quantitative estimate of drug-likeness (QED) is 0.697. The molecule has 1 rings (SSSR count). The first-order valence-corrected chi connectivity index (χ1v) is 4.01. The van der Waals surface area contributed by atoms with Crippen LogP contribution in [0.2, 0.25) is 0 Å². The van der Waals surface area contributed by atoms with Crippen molar-refractivity contribution in [2.45, 2.75) is 0 Å². The van der Waals surface area contributed by atoms with E-state index >= 15 is 0 Å². The zero-order valence-corrected chi connectivity index (χ0v) is 7.78. The van der Waals surface area contributed by atoms with Crippen LogP contribution in [0.4, 0.5) is 0 Å². The normalized spacial score (nSPS) is 10.4. The first kappa shape index (κ1) is 9.73. The molecule has 13 heavy (non-hydrogen) atoms. The second-order valence-corrected chi connectivity index (χ2v) is 2.88. The smallest absolute Gasteiger partial charge is 0.310 e. The topological polar surface area (TPSA) is 58.2 Å². The standard InChI is InChI=1S/C8H13N3O2/c1-11(2)5-6-13-8-7(12)9-3-4-10-8/h3-4H,5-6H2,1-2H3,(H,9,12). The molecule has 1 aromatic heterocycles. The number of likely N-dealkylation sites (N-methyl/N-ethyl adjacent to an activating group) is 1. The Bertz CT molecular complexity index is 308. The van der Waals surface area contributed by atoms with E-state index in [-0.39, 0.29) is 11.4 Å². The lowest BCUT2D eigenvalue weighted by atomic mass is 10.6. The molecule has 0 atom stereocenters. The van der Waals surface area contributed by atoms with Crippen molar-refractivity contribution in [1.29, 1.82) is 0 Å². The molecule has 0 bridgehead atoms. The van der Waals surface area contributed by atoms with E-state index in [0.29, 0.717) is 6.61 Å². The molecule has 1 heterocycles. The molecule has 0 aliphatic heterocycles. The molecule has 0 amide bonds. The minimum Gasteiger partial charge on any atom is -0.472 e. The molecule has 0 aromatic carbocycles. The fourth-order valence-corrected chi connectivity index (χ4v) is 0.766. The summed E-state index contributed by atoms with van der Waals surface area (Å²) in [5, 5.41) is 0. The maximum absolute atomic E-state index is 11.0. The largest absolute Gasteiger partial charge is 0.472 e. The fraction of sp³-hybridized carbons (Fsp3) is 0.500. The Kier molecular flexibility index (Phi) is 3.45. The number of rotatable bonds is 4. The predicted octanol–water partition coefficient (Wildman–Crippen LogP) is -0.290. The summed E-state index contributed by atoms with van der Waals surface area (Å²) in [6.45, 7) is 1.23. The van der Waals surface area contributed by atoms with Gasteiger partial charge in [0.05, 0.1) is 0 Å². The van der Waals surface area contributed by atoms with Gasteiger partial charge in [-0.1, -0.05) is 0 Å². The summed E-state index contributed by atoms with van der Waals surface area (Å²) in [6, 6.07) is 0. The number of hydrogen-bond acceptors (Lipinski definition) is 4. The molecule has 0 aliphatic rings. The van der Waals surface area contributed by atoms with E-state index in [1.54, 1.807) is 0 Å². The van der Waals surface area contributed by atoms with Crippen molar-refractivity contribution in [2.24, 2.45) is 0 Å². The van der Waals surface area contributed by atoms with E-state index in [1.165, 1.54) is 12.4 Å². The van der Waals surface area contributed by atoms with Crippen LogP contribution in [0.5, 0.6) is 5.88 Å². The van der Waals surface area contributed by atoms with Gasteiger partial charge in [-0.05, 0) is 14.1 Å². The Morgan fingerprint density at radius 1 is 1.62 bits per heavy atom. The molecule has 5 nitrogen and oxygen atoms in total. The van der Waals surface area contributed by atoms with Crippen LogP contribution in [-0.4, -0.2) is 42.1 Å². The zero-order valence-electron chi connectivity index (χ0n) is 7.78. The van der Waals surface area contributed by atoms with Crippen molar-refractivity contribution in [2.75, 3.05) is 27.2 Å². The van der Waals surface area contributed by atoms with Gasteiger partial charge in [0.1, 0.15) is 6.61 Å². The van der Waals surface area contributed by atoms with Crippen molar-refractivity contribution in [3.8, 4) is 5.88 Å². The third-order valence-corrected chi connectivity index (χ3v) is 1.45. The highest BCUT2D eigenvalue weighted by atomic mass is 16.5. The molecule has 0 saturated heterocycles. The molecule has 0 spiro atoms. The maximum Gasteiger partial charge on any atom is 0.310 e. The summed E-state index contributed by atoms with van der Waals surface area (Å²) in [7, 11) is 3.87. The number of H-pyrrole nitrogens is 1. The highest BCUT2D eigenvalue weighted by Crippen LogP contribution is 1.92. The molecule has 0 fully saturated rings. The Morgan fingerprint density at radius 3 is 3.00 bits per heavy atom. The minimum absolute atomic E-state index is 0.129. The molecule has 0 radical (unpaired) electrons. The van der Waals surface area contributed by atoms with Gasteiger partial charge in [0.15, 0.2) is 0 Å². The molecule has 0 saturated carbocycles. The minimum atomic E-state index is -0.291. The first-order valence-electron chi connectivity index (χ1n) is 4.01. The van der Waals surface area contributed by atoms with Crippen molar-refractivity contribution in [1.82, 2.24) is 14.9 Å². The van der Waals surface area contributed by atoms with Crippen LogP contribution in [0.3, 0.4) is 0 Å². The van der Waals surface area contributed by atoms with Crippen LogP contribution < -0.4 is 10.3 Å². The van der Waals surface area contributed by atoms with Crippen molar-refractivity contribution in [3.63, 3.8) is 0 Å². The van der Waals surface area contributed by atoms with E-state index in [1.807, 2.05) is 19.0 Å². The van der Waals surface area contributed by atoms with Gasteiger partial charge in [0.25, 0.3) is 5.88 Å². The Hall–Kier alpha value is -1.36. The maximum atomic E-state index is 11.0. The lowest BCUT2D eigenvalue weighted by molar-refractivity contribution is 0.251. The van der Waals surface area contributed by atoms with Gasteiger partial charge in [-0.3, -0.25) is 4.79 Å². The van der Waals surface area contributed by atoms with Gasteiger partial charge in [-0.15, -0.1) is 0 Å². The van der Waals surface area contributed by atoms with Crippen LogP contribution in [0, 0.1) is 0 Å². The van der Waals surface area contributed by atoms with Crippen LogP contribution in [-0.2, 0) is 0 Å². The number of nitrogens with zero attached hydrogens (tertiary/aromatic N) is 2. The van der Waals surface area contributed by atoms with Gasteiger partial charge in [0, 0.05) is 18.9 Å². The van der Waals surface area contributed by atoms with Gasteiger partial charge < -0.3 is 14.6 Å². The summed E-state index contributed by atoms with van der Waals surface area (Å²) >= 11 is 0. The average Bonchev–Trinajstić information content (AvgIpc) is 2.08. The van der Waals surface area contributed by atoms with Crippen molar-refractivity contribution < 1.29 is 4.74 Å². The lowest BCUT2D eigenvalue weighted by Crippen LogP contribution is -2.22. The third-order valence-electron chi connectivity index (χ3n) is 1.45. The number of nitrogens with one attached hydrogen (secondary N) is 1. The Morgan fingerprint density at radius 2 is 2.38 bits per heavy atom. The van der Waals surface area contributed by atoms with Gasteiger partial charge >= 0.3 is 5.56 Å². The van der Waals surface area contributed by atoms with Crippen LogP contribution in [0.25, 0.3) is 0 Å². The van der Waals surface area contributed by atoms with Crippen LogP contribution >= 0.6 is 0 Å². The van der Waals surface area contributed by atoms with E-state index < -0.39 is 0 Å². The Balaban J connectivity index is 2.46. The van der Waals surface area contributed by atoms with Gasteiger partial charge in [0.2, 0.25) is 0 Å². The first-order chi connectivity index (χ1) is 6.20. The third kappa shape index (κ3) is 3.25. The van der Waals surface area contributed by atoms with Crippen molar-refractivity contribution >= 4 is 0 Å². The molecular weight excluding hydrogens is 170 g/mol. The number of hydrogen-bond donors (Lipinski definition) is 1. The molecule has 72 valence electrons. The second-order valence-electron chi connectivity index (χ2n) is 2.88. The van der Waals surface area contributed by atoms with E-state index in [2.05, 4.69) is 9.97 Å². The second kappa shape index (κ2) is 4.61. The summed E-state index contributed by atoms with van der Waals surface area (Å²) in [5.41, 5.74) is -0.291. The van der Waals surface area contributed by atoms with E-state index in [4.69, 9.17) is 4.74 Å². The SMILES string of the molecule is CN(C)CCOc1ncc[nH]c1=O. The molecule has 5 heteroatoms. The van der Waals surface area contributed by atoms with E-state index in [9.17, 15) is 4.79 Å². The zero-order chi connectivity index (χ0) is 9.68. The average molecular weight is 183 g/mol. The fourth-order valence-electron chi connectivity index (χ4n) is 0.766. The summed E-state index contributed by atoms with van der Waals surface area (Å²) in [6.07, 6.45) is 2.97. The molecule has 1 aromatic rings. The monoisotopic (exact) mass is 183 g/mol. The predicted molar refractivity (Wildman–Crippen MR) is 48.9 cm³/mol. The van der Waals surface area contributed by atoms with Crippen LogP contribution in [0.15, 0.2) is 17.2 Å². The summed E-state index contributed by atoms with van der Waals surface area (Å²) < 4.78 is 5.15. The van der Waals surface area contributed by atoms with Gasteiger partial charge in [-0.25, -0.2) is 4.98 Å². The van der Waals surface area contributed by atoms with Crippen molar-refractivity contribution in [3.05, 3.63) is 22.7 Å². The molecule has 1 N–H and O–H groups in total. The lowest BCUT2D eigenvalue weighted by Gasteiger charge is -2.09. The molecular formula is C8H13N3O2. The number of aromatic nitrogens is 2. The summed E-state index contributed by atoms with van der Waals surface area (Å²) in [4.78, 5) is 19.3. The summed E-state index contributed by atoms with van der Waals surface area (Å²) in [5.74, 6) is 0.129. The number of aromatic amines is 1. The Labute approximate surface area is 76.4 Å². The van der Waals surface area contributed by atoms with Gasteiger partial charge in [-0.2, -0.15) is 0 Å². The molecule has 0 unspecified atom stereocenters. The van der Waals surface area contributed by atoms with Crippen LogP contribution in [0.1, 0.15) is 0 Å². The van der Waals surface area contributed by atoms with E-state index in [0.717, 1.165) is 6.54 Å².